The van der Waals surface area contributed by atoms with Gasteiger partial charge >= 0.3 is 0 Å². The van der Waals surface area contributed by atoms with Crippen LogP contribution in [-0.4, -0.2) is 29.2 Å². The van der Waals surface area contributed by atoms with Crippen molar-refractivity contribution in [1.82, 2.24) is 5.32 Å². The van der Waals surface area contributed by atoms with E-state index in [0.717, 1.165) is 11.5 Å². The molecule has 0 aromatic carbocycles. The first-order valence-corrected chi connectivity index (χ1v) is 6.73. The standard InChI is InChI=1S/C12H19NO2S/c1-4-12(15)13-10-7-16-6-9(10)5-11(14)8(2)3/h4,8-10H,1,5-7H2,2-3H3,(H,13,15). The second kappa shape index (κ2) is 6.09. The van der Waals surface area contributed by atoms with E-state index in [2.05, 4.69) is 11.9 Å². The largest absolute Gasteiger partial charge is 0.349 e. The lowest BCUT2D eigenvalue weighted by molar-refractivity contribution is -0.123. The molecule has 1 saturated heterocycles. The van der Waals surface area contributed by atoms with Crippen LogP contribution in [0.5, 0.6) is 0 Å². The van der Waals surface area contributed by atoms with Crippen molar-refractivity contribution >= 4 is 23.5 Å². The fourth-order valence-electron chi connectivity index (χ4n) is 1.70. The first-order chi connectivity index (χ1) is 7.54. The second-order valence-electron chi connectivity index (χ2n) is 4.44. The maximum Gasteiger partial charge on any atom is 0.243 e. The number of Topliss-reactive ketones (excluding diaryl/α,β-unsaturated/α-hetero) is 1. The van der Waals surface area contributed by atoms with Crippen molar-refractivity contribution in [3.8, 4) is 0 Å². The lowest BCUT2D eigenvalue weighted by atomic mass is 9.93. The average Bonchev–Trinajstić information content (AvgIpc) is 2.65. The van der Waals surface area contributed by atoms with Gasteiger partial charge in [-0.25, -0.2) is 0 Å². The van der Waals surface area contributed by atoms with Crippen LogP contribution in [0.15, 0.2) is 12.7 Å². The molecule has 0 aliphatic carbocycles. The third-order valence-corrected chi connectivity index (χ3v) is 4.08. The summed E-state index contributed by atoms with van der Waals surface area (Å²) in [6, 6.07) is 0.123. The molecule has 1 aliphatic rings. The quantitative estimate of drug-likeness (QED) is 0.744. The average molecular weight is 241 g/mol. The fourth-order valence-corrected chi connectivity index (χ4v) is 3.09. The molecule has 0 aromatic heterocycles. The third-order valence-electron chi connectivity index (χ3n) is 2.82. The van der Waals surface area contributed by atoms with E-state index in [1.807, 2.05) is 13.8 Å². The first-order valence-electron chi connectivity index (χ1n) is 5.58. The molecular weight excluding hydrogens is 222 g/mol. The summed E-state index contributed by atoms with van der Waals surface area (Å²) in [5.41, 5.74) is 0. The molecular formula is C12H19NO2S. The summed E-state index contributed by atoms with van der Waals surface area (Å²) in [4.78, 5) is 22.9. The minimum atomic E-state index is -0.144. The Bertz CT molecular complexity index is 289. The number of hydrogen-bond acceptors (Lipinski definition) is 3. The Morgan fingerprint density at radius 2 is 2.19 bits per heavy atom. The maximum absolute atomic E-state index is 11.7. The monoisotopic (exact) mass is 241 g/mol. The van der Waals surface area contributed by atoms with Gasteiger partial charge in [0.2, 0.25) is 5.91 Å². The molecule has 1 aliphatic heterocycles. The molecule has 1 rings (SSSR count). The summed E-state index contributed by atoms with van der Waals surface area (Å²) in [6.07, 6.45) is 1.86. The Morgan fingerprint density at radius 3 is 2.75 bits per heavy atom. The van der Waals surface area contributed by atoms with Crippen molar-refractivity contribution in [3.63, 3.8) is 0 Å². The molecule has 3 nitrogen and oxygen atoms in total. The van der Waals surface area contributed by atoms with E-state index in [1.165, 1.54) is 6.08 Å². The highest BCUT2D eigenvalue weighted by atomic mass is 32.2. The third kappa shape index (κ3) is 3.67. The van der Waals surface area contributed by atoms with Gasteiger partial charge < -0.3 is 5.32 Å². The number of amides is 1. The fraction of sp³-hybridized carbons (Fsp3) is 0.667. The predicted octanol–water partition coefficient (Wildman–Crippen LogP) is 1.64. The van der Waals surface area contributed by atoms with Crippen LogP contribution in [0.2, 0.25) is 0 Å². The molecule has 2 unspecified atom stereocenters. The van der Waals surface area contributed by atoms with E-state index in [0.29, 0.717) is 6.42 Å². The van der Waals surface area contributed by atoms with Gasteiger partial charge in [0.05, 0.1) is 0 Å². The van der Waals surface area contributed by atoms with E-state index in [9.17, 15) is 9.59 Å². The maximum atomic E-state index is 11.7. The highest BCUT2D eigenvalue weighted by molar-refractivity contribution is 7.99. The predicted molar refractivity (Wildman–Crippen MR) is 67.4 cm³/mol. The van der Waals surface area contributed by atoms with Gasteiger partial charge in [-0.3, -0.25) is 9.59 Å². The van der Waals surface area contributed by atoms with Gasteiger partial charge in [-0.2, -0.15) is 11.8 Å². The summed E-state index contributed by atoms with van der Waals surface area (Å²) in [6.45, 7) is 7.27. The van der Waals surface area contributed by atoms with Crippen LogP contribution in [0, 0.1) is 11.8 Å². The van der Waals surface area contributed by atoms with Crippen molar-refractivity contribution in [2.75, 3.05) is 11.5 Å². The minimum Gasteiger partial charge on any atom is -0.349 e. The summed E-state index contributed by atoms with van der Waals surface area (Å²) < 4.78 is 0. The van der Waals surface area contributed by atoms with Gasteiger partial charge in [-0.05, 0) is 17.7 Å². The Balaban J connectivity index is 2.49. The highest BCUT2D eigenvalue weighted by Crippen LogP contribution is 2.28. The summed E-state index contributed by atoms with van der Waals surface area (Å²) in [5, 5.41) is 2.89. The molecule has 0 saturated carbocycles. The number of hydrogen-bond donors (Lipinski definition) is 1. The molecule has 4 heteroatoms. The number of ketones is 1. The smallest absolute Gasteiger partial charge is 0.243 e. The zero-order valence-corrected chi connectivity index (χ0v) is 10.7. The summed E-state index contributed by atoms with van der Waals surface area (Å²) in [7, 11) is 0. The zero-order valence-electron chi connectivity index (χ0n) is 9.86. The van der Waals surface area contributed by atoms with E-state index < -0.39 is 0 Å². The Kier molecular flexibility index (Phi) is 5.06. The Morgan fingerprint density at radius 1 is 1.50 bits per heavy atom. The second-order valence-corrected chi connectivity index (χ2v) is 5.52. The van der Waals surface area contributed by atoms with Crippen LogP contribution in [-0.2, 0) is 9.59 Å². The number of carbonyl (C=O) groups excluding carboxylic acids is 2. The van der Waals surface area contributed by atoms with E-state index in [1.54, 1.807) is 11.8 Å². The molecule has 0 radical (unpaired) electrons. The Labute approximate surface area is 101 Å². The summed E-state index contributed by atoms with van der Waals surface area (Å²) in [5.74, 6) is 2.36. The minimum absolute atomic E-state index is 0.0846. The van der Waals surface area contributed by atoms with Crippen LogP contribution < -0.4 is 5.32 Å². The van der Waals surface area contributed by atoms with Crippen LogP contribution >= 0.6 is 11.8 Å². The molecule has 1 fully saturated rings. The molecule has 90 valence electrons. The molecule has 2 atom stereocenters. The van der Waals surface area contributed by atoms with Crippen LogP contribution in [0.25, 0.3) is 0 Å². The topological polar surface area (TPSA) is 46.2 Å². The SMILES string of the molecule is C=CC(=O)NC1CSCC1CC(=O)C(C)C. The number of rotatable bonds is 5. The molecule has 0 bridgehead atoms. The number of carbonyl (C=O) groups is 2. The normalized spacial score (nSPS) is 24.4. The van der Waals surface area contributed by atoms with Crippen LogP contribution in [0.4, 0.5) is 0 Å². The Hall–Kier alpha value is -0.770. The number of thioether (sulfide) groups is 1. The first kappa shape index (κ1) is 13.3. The van der Waals surface area contributed by atoms with Crippen molar-refractivity contribution in [3.05, 3.63) is 12.7 Å². The van der Waals surface area contributed by atoms with E-state index in [4.69, 9.17) is 0 Å². The van der Waals surface area contributed by atoms with Gasteiger partial charge in [0.15, 0.2) is 0 Å². The van der Waals surface area contributed by atoms with Crippen molar-refractivity contribution in [2.45, 2.75) is 26.3 Å². The van der Waals surface area contributed by atoms with Crippen LogP contribution in [0.1, 0.15) is 20.3 Å². The van der Waals surface area contributed by atoms with Gasteiger partial charge in [0.25, 0.3) is 0 Å². The molecule has 1 heterocycles. The highest BCUT2D eigenvalue weighted by Gasteiger charge is 2.30. The van der Waals surface area contributed by atoms with Crippen molar-refractivity contribution < 1.29 is 9.59 Å². The summed E-state index contributed by atoms with van der Waals surface area (Å²) >= 11 is 1.80. The molecule has 1 N–H and O–H groups in total. The lowest BCUT2D eigenvalue weighted by Gasteiger charge is -2.19. The van der Waals surface area contributed by atoms with Gasteiger partial charge in [-0.1, -0.05) is 20.4 Å². The molecule has 16 heavy (non-hydrogen) atoms. The molecule has 0 aromatic rings. The van der Waals surface area contributed by atoms with Gasteiger partial charge in [0.1, 0.15) is 5.78 Å². The van der Waals surface area contributed by atoms with E-state index >= 15 is 0 Å². The van der Waals surface area contributed by atoms with E-state index in [-0.39, 0.29) is 29.6 Å². The van der Waals surface area contributed by atoms with Crippen molar-refractivity contribution in [2.24, 2.45) is 11.8 Å². The van der Waals surface area contributed by atoms with Gasteiger partial charge in [0, 0.05) is 24.1 Å². The number of nitrogens with one attached hydrogen (secondary N) is 1. The zero-order chi connectivity index (χ0) is 12.1. The van der Waals surface area contributed by atoms with Gasteiger partial charge in [-0.15, -0.1) is 0 Å². The van der Waals surface area contributed by atoms with Crippen LogP contribution in [0.3, 0.4) is 0 Å². The molecule has 0 spiro atoms. The van der Waals surface area contributed by atoms with Crippen molar-refractivity contribution in [1.29, 1.82) is 0 Å². The lowest BCUT2D eigenvalue weighted by Crippen LogP contribution is -2.39. The molecule has 1 amide bonds.